The Morgan fingerprint density at radius 1 is 1.00 bits per heavy atom. The molecule has 0 unspecified atom stereocenters. The number of nitrogens with zero attached hydrogens (tertiary/aromatic N) is 2. The number of unbranched alkanes of at least 4 members (excludes halogenated alkanes) is 3. The average molecular weight is 294 g/mol. The van der Waals surface area contributed by atoms with E-state index in [1.54, 1.807) is 6.33 Å². The minimum absolute atomic E-state index is 0.295. The third kappa shape index (κ3) is 6.29. The first-order valence-corrected chi connectivity index (χ1v) is 8.14. The van der Waals surface area contributed by atoms with Crippen LogP contribution in [0.4, 0.5) is 11.6 Å². The molecule has 0 fully saturated rings. The van der Waals surface area contributed by atoms with Crippen LogP contribution in [0.25, 0.3) is 0 Å². The van der Waals surface area contributed by atoms with Gasteiger partial charge in [0, 0.05) is 25.3 Å². The van der Waals surface area contributed by atoms with Gasteiger partial charge in [-0.2, -0.15) is 0 Å². The van der Waals surface area contributed by atoms with Crippen molar-refractivity contribution >= 4 is 11.6 Å². The zero-order valence-electron chi connectivity index (χ0n) is 13.7. The van der Waals surface area contributed by atoms with E-state index < -0.39 is 0 Å². The van der Waals surface area contributed by atoms with Crippen LogP contribution in [0.15, 0.2) is 6.33 Å². The van der Waals surface area contributed by atoms with Gasteiger partial charge in [0.15, 0.2) is 0 Å². The Balaban J connectivity index is 2.59. The molecule has 120 valence electrons. The molecular weight excluding hydrogens is 264 g/mol. The lowest BCUT2D eigenvalue weighted by Crippen LogP contribution is -2.12. The highest BCUT2D eigenvalue weighted by Crippen LogP contribution is 2.28. The molecule has 0 aliphatic rings. The lowest BCUT2D eigenvalue weighted by molar-refractivity contribution is 0.283. The molecule has 0 spiro atoms. The Morgan fingerprint density at radius 3 is 2.19 bits per heavy atom. The minimum atomic E-state index is 0.295. The third-order valence-corrected chi connectivity index (χ3v) is 3.38. The molecule has 5 heteroatoms. The summed E-state index contributed by atoms with van der Waals surface area (Å²) in [7, 11) is 0. The highest BCUT2D eigenvalue weighted by molar-refractivity contribution is 5.58. The van der Waals surface area contributed by atoms with E-state index in [-0.39, 0.29) is 0 Å². The van der Waals surface area contributed by atoms with Gasteiger partial charge in [0.1, 0.15) is 18.0 Å². The van der Waals surface area contributed by atoms with Crippen LogP contribution in [0.3, 0.4) is 0 Å². The zero-order chi connectivity index (χ0) is 15.5. The summed E-state index contributed by atoms with van der Waals surface area (Å²) in [5.74, 6) is 2.27. The maximum Gasteiger partial charge on any atom is 0.134 e. The summed E-state index contributed by atoms with van der Waals surface area (Å²) in [6, 6.07) is 0. The van der Waals surface area contributed by atoms with E-state index in [0.717, 1.165) is 56.8 Å². The Hall–Kier alpha value is -1.36. The second kappa shape index (κ2) is 10.4. The highest BCUT2D eigenvalue weighted by atomic mass is 16.2. The molecule has 0 aliphatic carbocycles. The summed E-state index contributed by atoms with van der Waals surface area (Å²) >= 11 is 0. The van der Waals surface area contributed by atoms with E-state index in [9.17, 15) is 0 Å². The lowest BCUT2D eigenvalue weighted by Gasteiger charge is -2.17. The van der Waals surface area contributed by atoms with E-state index in [0.29, 0.717) is 12.5 Å². The molecule has 3 N–H and O–H groups in total. The Bertz CT molecular complexity index is 396. The number of anilines is 2. The van der Waals surface area contributed by atoms with E-state index in [1.807, 2.05) is 0 Å². The number of nitrogens with one attached hydrogen (secondary N) is 2. The summed E-state index contributed by atoms with van der Waals surface area (Å²) in [5, 5.41) is 15.6. The predicted molar refractivity (Wildman–Crippen MR) is 88.9 cm³/mol. The van der Waals surface area contributed by atoms with Crippen LogP contribution in [-0.2, 0) is 0 Å². The van der Waals surface area contributed by atoms with Gasteiger partial charge in [0.25, 0.3) is 0 Å². The van der Waals surface area contributed by atoms with Crippen LogP contribution >= 0.6 is 0 Å². The number of aliphatic hydroxyl groups excluding tert-OH is 1. The monoisotopic (exact) mass is 294 g/mol. The van der Waals surface area contributed by atoms with E-state index in [2.05, 4.69) is 41.4 Å². The van der Waals surface area contributed by atoms with Gasteiger partial charge in [-0.05, 0) is 25.2 Å². The Morgan fingerprint density at radius 2 is 1.62 bits per heavy atom. The van der Waals surface area contributed by atoms with Crippen molar-refractivity contribution in [2.24, 2.45) is 0 Å². The molecule has 0 saturated carbocycles. The topological polar surface area (TPSA) is 70.1 Å². The van der Waals surface area contributed by atoms with Gasteiger partial charge in [-0.25, -0.2) is 9.97 Å². The number of aliphatic hydroxyl groups is 1. The number of aromatic nitrogens is 2. The normalized spacial score (nSPS) is 10.9. The molecule has 1 heterocycles. The summed E-state index contributed by atoms with van der Waals surface area (Å²) < 4.78 is 0. The summed E-state index contributed by atoms with van der Waals surface area (Å²) in [5.41, 5.74) is 1.17. The second-order valence-corrected chi connectivity index (χ2v) is 5.63. The fourth-order valence-electron chi connectivity index (χ4n) is 2.26. The van der Waals surface area contributed by atoms with Gasteiger partial charge in [-0.1, -0.05) is 33.6 Å². The van der Waals surface area contributed by atoms with Gasteiger partial charge in [0.05, 0.1) is 0 Å². The SMILES string of the molecule is CCCNc1ncnc(NCCCCCCO)c1C(C)C. The van der Waals surface area contributed by atoms with Crippen molar-refractivity contribution in [1.29, 1.82) is 0 Å². The molecule has 1 rings (SSSR count). The lowest BCUT2D eigenvalue weighted by atomic mass is 10.0. The van der Waals surface area contributed by atoms with Crippen LogP contribution in [0, 0.1) is 0 Å². The Kier molecular flexibility index (Phi) is 8.74. The first-order valence-electron chi connectivity index (χ1n) is 8.14. The van der Waals surface area contributed by atoms with Gasteiger partial charge in [-0.3, -0.25) is 0 Å². The van der Waals surface area contributed by atoms with Crippen LogP contribution in [0.1, 0.15) is 64.4 Å². The average Bonchev–Trinajstić information content (AvgIpc) is 2.48. The maximum atomic E-state index is 8.76. The smallest absolute Gasteiger partial charge is 0.134 e. The Labute approximate surface area is 128 Å². The molecule has 5 nitrogen and oxygen atoms in total. The minimum Gasteiger partial charge on any atom is -0.396 e. The molecule has 0 aromatic carbocycles. The molecular formula is C16H30N4O. The van der Waals surface area contributed by atoms with Crippen molar-refractivity contribution < 1.29 is 5.11 Å². The molecule has 0 amide bonds. The van der Waals surface area contributed by atoms with Crippen molar-refractivity contribution in [3.05, 3.63) is 11.9 Å². The van der Waals surface area contributed by atoms with Gasteiger partial charge in [0.2, 0.25) is 0 Å². The highest BCUT2D eigenvalue weighted by Gasteiger charge is 2.14. The molecule has 0 saturated heterocycles. The fraction of sp³-hybridized carbons (Fsp3) is 0.750. The molecule has 0 atom stereocenters. The molecule has 1 aromatic rings. The summed E-state index contributed by atoms with van der Waals surface area (Å²) in [6.07, 6.45) is 6.92. The molecule has 0 bridgehead atoms. The van der Waals surface area contributed by atoms with Crippen LogP contribution in [0.2, 0.25) is 0 Å². The van der Waals surface area contributed by atoms with Crippen LogP contribution in [-0.4, -0.2) is 34.8 Å². The van der Waals surface area contributed by atoms with Crippen molar-refractivity contribution in [3.63, 3.8) is 0 Å². The van der Waals surface area contributed by atoms with Gasteiger partial charge < -0.3 is 15.7 Å². The van der Waals surface area contributed by atoms with Crippen molar-refractivity contribution in [2.75, 3.05) is 30.3 Å². The molecule has 0 aliphatic heterocycles. The quantitative estimate of drug-likeness (QED) is 0.546. The number of hydrogen-bond acceptors (Lipinski definition) is 5. The zero-order valence-corrected chi connectivity index (χ0v) is 13.7. The van der Waals surface area contributed by atoms with Crippen molar-refractivity contribution in [3.8, 4) is 0 Å². The fourth-order valence-corrected chi connectivity index (χ4v) is 2.26. The molecule has 1 aromatic heterocycles. The largest absolute Gasteiger partial charge is 0.396 e. The van der Waals surface area contributed by atoms with Crippen LogP contribution < -0.4 is 10.6 Å². The first kappa shape index (κ1) is 17.7. The van der Waals surface area contributed by atoms with Gasteiger partial charge >= 0.3 is 0 Å². The summed E-state index contributed by atoms with van der Waals surface area (Å²) in [6.45, 7) is 8.62. The molecule has 0 radical (unpaired) electrons. The van der Waals surface area contributed by atoms with E-state index in [1.165, 1.54) is 5.56 Å². The second-order valence-electron chi connectivity index (χ2n) is 5.63. The van der Waals surface area contributed by atoms with E-state index >= 15 is 0 Å². The third-order valence-electron chi connectivity index (χ3n) is 3.38. The van der Waals surface area contributed by atoms with E-state index in [4.69, 9.17) is 5.11 Å². The van der Waals surface area contributed by atoms with Gasteiger partial charge in [-0.15, -0.1) is 0 Å². The number of hydrogen-bond donors (Lipinski definition) is 3. The maximum absolute atomic E-state index is 8.76. The first-order chi connectivity index (χ1) is 10.2. The predicted octanol–water partition coefficient (Wildman–Crippen LogP) is 3.39. The van der Waals surface area contributed by atoms with Crippen LogP contribution in [0.5, 0.6) is 0 Å². The number of rotatable bonds is 11. The van der Waals surface area contributed by atoms with Crippen molar-refractivity contribution in [2.45, 2.75) is 58.8 Å². The van der Waals surface area contributed by atoms with Crippen molar-refractivity contribution in [1.82, 2.24) is 9.97 Å². The standard InChI is InChI=1S/C16H30N4O/c1-4-9-17-15-14(13(2)3)16(20-12-19-15)18-10-7-5-6-8-11-21/h12-13,21H,4-11H2,1-3H3,(H2,17,18,19,20). The molecule has 21 heavy (non-hydrogen) atoms. The summed E-state index contributed by atoms with van der Waals surface area (Å²) in [4.78, 5) is 8.78.